The fraction of sp³-hybridized carbons (Fsp3) is 0.467. The van der Waals surface area contributed by atoms with Gasteiger partial charge in [0.05, 0.1) is 6.04 Å². The van der Waals surface area contributed by atoms with Crippen LogP contribution in [0.4, 0.5) is 8.78 Å². The second-order valence-corrected chi connectivity index (χ2v) is 5.41. The Bertz CT molecular complexity index is 507. The van der Waals surface area contributed by atoms with Gasteiger partial charge in [0, 0.05) is 24.7 Å². The first-order valence-corrected chi connectivity index (χ1v) is 6.70. The minimum atomic E-state index is -1.86. The van der Waals surface area contributed by atoms with Crippen molar-refractivity contribution in [3.63, 3.8) is 0 Å². The molecule has 2 rings (SSSR count). The molecule has 0 aromatic heterocycles. The van der Waals surface area contributed by atoms with Crippen LogP contribution in [0.2, 0.25) is 0 Å². The summed E-state index contributed by atoms with van der Waals surface area (Å²) in [6, 6.07) is 2.55. The van der Waals surface area contributed by atoms with Crippen LogP contribution in [0.25, 0.3) is 0 Å². The molecule has 0 unspecified atom stereocenters. The normalized spacial score (nSPS) is 21.6. The SMILES string of the molecule is C=C1CCN([C@H](C)[C@@](N)(O)c2ccc(F)cc2F)CC1. The van der Waals surface area contributed by atoms with Gasteiger partial charge in [-0.3, -0.25) is 10.6 Å². The van der Waals surface area contributed by atoms with E-state index in [1.54, 1.807) is 6.92 Å². The van der Waals surface area contributed by atoms with Crippen LogP contribution in [0.3, 0.4) is 0 Å². The van der Waals surface area contributed by atoms with Gasteiger partial charge in [-0.15, -0.1) is 0 Å². The van der Waals surface area contributed by atoms with Gasteiger partial charge in [-0.2, -0.15) is 0 Å². The summed E-state index contributed by atoms with van der Waals surface area (Å²) in [6.45, 7) is 7.13. The molecule has 1 heterocycles. The maximum Gasteiger partial charge on any atom is 0.157 e. The van der Waals surface area contributed by atoms with Crippen LogP contribution < -0.4 is 5.73 Å². The van der Waals surface area contributed by atoms with Crippen LogP contribution in [0.5, 0.6) is 0 Å². The molecule has 3 nitrogen and oxygen atoms in total. The maximum absolute atomic E-state index is 13.8. The van der Waals surface area contributed by atoms with E-state index in [1.165, 1.54) is 11.6 Å². The van der Waals surface area contributed by atoms with Crippen molar-refractivity contribution >= 4 is 0 Å². The summed E-state index contributed by atoms with van der Waals surface area (Å²) in [5.74, 6) is -1.52. The topological polar surface area (TPSA) is 49.5 Å². The first-order chi connectivity index (χ1) is 9.32. The molecular formula is C15H20F2N2O. The van der Waals surface area contributed by atoms with Crippen molar-refractivity contribution in [3.05, 3.63) is 47.5 Å². The van der Waals surface area contributed by atoms with Crippen molar-refractivity contribution in [2.45, 2.75) is 31.5 Å². The quantitative estimate of drug-likeness (QED) is 0.659. The lowest BCUT2D eigenvalue weighted by Gasteiger charge is -2.41. The zero-order valence-electron chi connectivity index (χ0n) is 11.6. The molecule has 20 heavy (non-hydrogen) atoms. The number of nitrogens with zero attached hydrogens (tertiary/aromatic N) is 1. The highest BCUT2D eigenvalue weighted by Crippen LogP contribution is 2.28. The zero-order valence-corrected chi connectivity index (χ0v) is 11.6. The Morgan fingerprint density at radius 2 is 1.95 bits per heavy atom. The molecule has 0 radical (unpaired) electrons. The number of piperidine rings is 1. The van der Waals surface area contributed by atoms with Gasteiger partial charge in [-0.05, 0) is 31.9 Å². The third-order valence-corrected chi connectivity index (χ3v) is 4.05. The van der Waals surface area contributed by atoms with Gasteiger partial charge in [0.15, 0.2) is 5.72 Å². The molecule has 2 atom stereocenters. The van der Waals surface area contributed by atoms with E-state index in [1.807, 2.05) is 4.90 Å². The van der Waals surface area contributed by atoms with Crippen molar-refractivity contribution in [1.82, 2.24) is 4.90 Å². The number of nitrogens with two attached hydrogens (primary N) is 1. The fourth-order valence-electron chi connectivity index (χ4n) is 2.55. The molecule has 5 heteroatoms. The Labute approximate surface area is 117 Å². The Balaban J connectivity index is 2.22. The molecule has 0 saturated carbocycles. The first-order valence-electron chi connectivity index (χ1n) is 6.70. The van der Waals surface area contributed by atoms with Crippen LogP contribution in [-0.2, 0) is 5.72 Å². The lowest BCUT2D eigenvalue weighted by Crippen LogP contribution is -2.56. The van der Waals surface area contributed by atoms with Crippen LogP contribution in [0, 0.1) is 11.6 Å². The highest BCUT2D eigenvalue weighted by Gasteiger charge is 2.38. The molecule has 1 fully saturated rings. The Kier molecular flexibility index (Phi) is 4.22. The predicted molar refractivity (Wildman–Crippen MR) is 73.9 cm³/mol. The summed E-state index contributed by atoms with van der Waals surface area (Å²) in [4.78, 5) is 2.00. The van der Waals surface area contributed by atoms with E-state index in [2.05, 4.69) is 6.58 Å². The summed E-state index contributed by atoms with van der Waals surface area (Å²) in [5, 5.41) is 10.5. The van der Waals surface area contributed by atoms with E-state index < -0.39 is 23.4 Å². The molecule has 1 aliphatic rings. The lowest BCUT2D eigenvalue weighted by molar-refractivity contribution is -0.0463. The number of halogens is 2. The summed E-state index contributed by atoms with van der Waals surface area (Å²) in [6.07, 6.45) is 1.68. The van der Waals surface area contributed by atoms with Crippen LogP contribution in [0.1, 0.15) is 25.3 Å². The number of likely N-dealkylation sites (tertiary alicyclic amines) is 1. The van der Waals surface area contributed by atoms with Crippen molar-refractivity contribution in [2.24, 2.45) is 5.73 Å². The average molecular weight is 282 g/mol. The molecule has 0 spiro atoms. The van der Waals surface area contributed by atoms with E-state index in [4.69, 9.17) is 5.73 Å². The maximum atomic E-state index is 13.8. The Morgan fingerprint density at radius 3 is 2.50 bits per heavy atom. The van der Waals surface area contributed by atoms with Crippen molar-refractivity contribution in [3.8, 4) is 0 Å². The molecule has 3 N–H and O–H groups in total. The molecule has 110 valence electrons. The molecule has 0 aliphatic carbocycles. The van der Waals surface area contributed by atoms with Gasteiger partial charge in [-0.25, -0.2) is 8.78 Å². The van der Waals surface area contributed by atoms with E-state index in [0.29, 0.717) is 0 Å². The number of aliphatic hydroxyl groups is 1. The standard InChI is InChI=1S/C15H20F2N2O/c1-10-5-7-19(8-6-10)11(2)15(18,20)13-4-3-12(16)9-14(13)17/h3-4,9,11,20H,1,5-8,18H2,2H3/t11-,15-/m1/s1. The number of hydrogen-bond donors (Lipinski definition) is 2. The highest BCUT2D eigenvalue weighted by atomic mass is 19.1. The fourth-order valence-corrected chi connectivity index (χ4v) is 2.55. The predicted octanol–water partition coefficient (Wildman–Crippen LogP) is 2.11. The molecule has 1 aromatic carbocycles. The van der Waals surface area contributed by atoms with E-state index in [9.17, 15) is 13.9 Å². The summed E-state index contributed by atoms with van der Waals surface area (Å²) >= 11 is 0. The third-order valence-electron chi connectivity index (χ3n) is 4.05. The van der Waals surface area contributed by atoms with Gasteiger partial charge >= 0.3 is 0 Å². The third kappa shape index (κ3) is 2.90. The molecule has 0 amide bonds. The first kappa shape index (κ1) is 15.1. The smallest absolute Gasteiger partial charge is 0.157 e. The molecule has 1 saturated heterocycles. The van der Waals surface area contributed by atoms with Gasteiger partial charge in [0.2, 0.25) is 0 Å². The average Bonchev–Trinajstić information content (AvgIpc) is 2.38. The van der Waals surface area contributed by atoms with Crippen molar-refractivity contribution in [2.75, 3.05) is 13.1 Å². The Morgan fingerprint density at radius 1 is 1.35 bits per heavy atom. The largest absolute Gasteiger partial charge is 0.370 e. The number of rotatable bonds is 3. The van der Waals surface area contributed by atoms with Crippen LogP contribution >= 0.6 is 0 Å². The zero-order chi connectivity index (χ0) is 14.9. The van der Waals surface area contributed by atoms with Gasteiger partial charge < -0.3 is 5.11 Å². The minimum absolute atomic E-state index is 0.0872. The summed E-state index contributed by atoms with van der Waals surface area (Å²) in [5.41, 5.74) is 5.14. The van der Waals surface area contributed by atoms with Crippen molar-refractivity contribution in [1.29, 1.82) is 0 Å². The second kappa shape index (κ2) is 5.60. The highest BCUT2D eigenvalue weighted by molar-refractivity contribution is 5.26. The summed E-state index contributed by atoms with van der Waals surface area (Å²) < 4.78 is 26.8. The molecular weight excluding hydrogens is 262 g/mol. The number of benzene rings is 1. The molecule has 1 aliphatic heterocycles. The molecule has 0 bridgehead atoms. The van der Waals surface area contributed by atoms with Crippen molar-refractivity contribution < 1.29 is 13.9 Å². The van der Waals surface area contributed by atoms with E-state index in [-0.39, 0.29) is 5.56 Å². The Hall–Kier alpha value is -1.30. The van der Waals surface area contributed by atoms with Gasteiger partial charge in [-0.1, -0.05) is 12.2 Å². The lowest BCUT2D eigenvalue weighted by atomic mass is 9.93. The monoisotopic (exact) mass is 282 g/mol. The second-order valence-electron chi connectivity index (χ2n) is 5.41. The minimum Gasteiger partial charge on any atom is -0.370 e. The van der Waals surface area contributed by atoms with Gasteiger partial charge in [0.25, 0.3) is 0 Å². The van der Waals surface area contributed by atoms with Gasteiger partial charge in [0.1, 0.15) is 11.6 Å². The number of hydrogen-bond acceptors (Lipinski definition) is 3. The van der Waals surface area contributed by atoms with E-state index in [0.717, 1.165) is 38.1 Å². The molecule has 1 aromatic rings. The van der Waals surface area contributed by atoms with Crippen LogP contribution in [0.15, 0.2) is 30.4 Å². The summed E-state index contributed by atoms with van der Waals surface area (Å²) in [7, 11) is 0. The van der Waals surface area contributed by atoms with Crippen LogP contribution in [-0.4, -0.2) is 29.1 Å². The van der Waals surface area contributed by atoms with E-state index >= 15 is 0 Å².